The van der Waals surface area contributed by atoms with Gasteiger partial charge in [0.25, 0.3) is 5.91 Å². The zero-order chi connectivity index (χ0) is 20.0. The molecular weight excluding hydrogens is 372 g/mol. The van der Waals surface area contributed by atoms with Crippen LogP contribution in [0.5, 0.6) is 0 Å². The molecule has 1 aliphatic heterocycles. The summed E-state index contributed by atoms with van der Waals surface area (Å²) in [6.45, 7) is 4.21. The first-order valence-corrected chi connectivity index (χ1v) is 11.4. The maximum Gasteiger partial charge on any atom is 0.254 e. The predicted octanol–water partition coefficient (Wildman–Crippen LogP) is 3.91. The minimum atomic E-state index is -3.49. The van der Waals surface area contributed by atoms with Crippen molar-refractivity contribution in [3.63, 3.8) is 0 Å². The van der Waals surface area contributed by atoms with Crippen molar-refractivity contribution in [1.29, 1.82) is 0 Å². The van der Waals surface area contributed by atoms with Crippen molar-refractivity contribution < 1.29 is 13.2 Å². The molecule has 0 saturated carbocycles. The number of carbonyl (C=O) groups excluding carboxylic acids is 1. The molecule has 0 unspecified atom stereocenters. The zero-order valence-electron chi connectivity index (χ0n) is 16.4. The normalized spacial score (nSPS) is 15.8. The first-order valence-electron chi connectivity index (χ1n) is 9.96. The fourth-order valence-corrected chi connectivity index (χ4v) is 5.03. The van der Waals surface area contributed by atoms with Gasteiger partial charge in [-0.05, 0) is 49.6 Å². The van der Waals surface area contributed by atoms with Gasteiger partial charge in [0.05, 0.1) is 4.90 Å². The van der Waals surface area contributed by atoms with Crippen LogP contribution in [0.3, 0.4) is 0 Å². The van der Waals surface area contributed by atoms with Gasteiger partial charge in [0.2, 0.25) is 10.0 Å². The Bertz CT molecular complexity index is 872. The predicted molar refractivity (Wildman–Crippen MR) is 111 cm³/mol. The summed E-state index contributed by atoms with van der Waals surface area (Å²) < 4.78 is 27.3. The van der Waals surface area contributed by atoms with Crippen molar-refractivity contribution in [2.24, 2.45) is 0 Å². The third-order valence-electron chi connectivity index (χ3n) is 5.19. The Morgan fingerprint density at radius 2 is 1.54 bits per heavy atom. The molecule has 1 saturated heterocycles. The molecule has 28 heavy (non-hydrogen) atoms. The Morgan fingerprint density at radius 3 is 2.11 bits per heavy atom. The van der Waals surface area contributed by atoms with Crippen LogP contribution in [-0.4, -0.2) is 43.2 Å². The summed E-state index contributed by atoms with van der Waals surface area (Å²) >= 11 is 0. The lowest BCUT2D eigenvalue weighted by Crippen LogP contribution is -2.32. The summed E-state index contributed by atoms with van der Waals surface area (Å²) in [4.78, 5) is 14.9. The number of rotatable bonds is 6. The van der Waals surface area contributed by atoms with E-state index in [9.17, 15) is 13.2 Å². The van der Waals surface area contributed by atoms with Crippen LogP contribution in [0.25, 0.3) is 0 Å². The molecule has 5 nitrogen and oxygen atoms in total. The maximum atomic E-state index is 12.9. The van der Waals surface area contributed by atoms with Gasteiger partial charge in [-0.3, -0.25) is 4.79 Å². The Morgan fingerprint density at radius 1 is 0.929 bits per heavy atom. The Balaban J connectivity index is 1.74. The molecule has 0 atom stereocenters. The molecule has 150 valence electrons. The van der Waals surface area contributed by atoms with Crippen LogP contribution in [0, 0.1) is 0 Å². The molecule has 0 radical (unpaired) electrons. The summed E-state index contributed by atoms with van der Waals surface area (Å²) in [6.07, 6.45) is 3.96. The van der Waals surface area contributed by atoms with Gasteiger partial charge < -0.3 is 4.90 Å². The van der Waals surface area contributed by atoms with Crippen molar-refractivity contribution in [1.82, 2.24) is 9.21 Å². The molecule has 2 aromatic carbocycles. The molecule has 0 N–H and O–H groups in total. The smallest absolute Gasteiger partial charge is 0.254 e. The third kappa shape index (κ3) is 4.80. The highest BCUT2D eigenvalue weighted by atomic mass is 32.2. The molecule has 0 aliphatic carbocycles. The van der Waals surface area contributed by atoms with E-state index < -0.39 is 10.0 Å². The maximum absolute atomic E-state index is 12.9. The molecule has 1 fully saturated rings. The fraction of sp³-hybridized carbons (Fsp3) is 0.409. The molecular formula is C22H28N2O3S. The van der Waals surface area contributed by atoms with Gasteiger partial charge in [0.15, 0.2) is 0 Å². The van der Waals surface area contributed by atoms with E-state index in [0.29, 0.717) is 31.7 Å². The van der Waals surface area contributed by atoms with Crippen molar-refractivity contribution in [3.05, 3.63) is 65.7 Å². The van der Waals surface area contributed by atoms with Gasteiger partial charge >= 0.3 is 0 Å². The van der Waals surface area contributed by atoms with Crippen LogP contribution in [0.2, 0.25) is 0 Å². The third-order valence-corrected chi connectivity index (χ3v) is 7.10. The van der Waals surface area contributed by atoms with Crippen molar-refractivity contribution in [2.45, 2.75) is 44.0 Å². The summed E-state index contributed by atoms with van der Waals surface area (Å²) in [7, 11) is -3.49. The fourth-order valence-electron chi connectivity index (χ4n) is 3.51. The van der Waals surface area contributed by atoms with E-state index in [2.05, 4.69) is 0 Å². The monoisotopic (exact) mass is 400 g/mol. The van der Waals surface area contributed by atoms with Crippen molar-refractivity contribution in [2.75, 3.05) is 19.6 Å². The lowest BCUT2D eigenvalue weighted by atomic mass is 10.1. The van der Waals surface area contributed by atoms with Crippen molar-refractivity contribution >= 4 is 15.9 Å². The summed E-state index contributed by atoms with van der Waals surface area (Å²) in [5, 5.41) is 0. The van der Waals surface area contributed by atoms with Gasteiger partial charge in [-0.2, -0.15) is 4.31 Å². The molecule has 1 amide bonds. The number of nitrogens with zero attached hydrogens (tertiary/aromatic N) is 2. The number of sulfonamides is 1. The largest absolute Gasteiger partial charge is 0.335 e. The summed E-state index contributed by atoms with van der Waals surface area (Å²) in [5.41, 5.74) is 1.57. The minimum absolute atomic E-state index is 0.0925. The van der Waals surface area contributed by atoms with Gasteiger partial charge in [0.1, 0.15) is 0 Å². The first-order chi connectivity index (χ1) is 13.5. The van der Waals surface area contributed by atoms with Crippen molar-refractivity contribution in [3.8, 4) is 0 Å². The topological polar surface area (TPSA) is 57.7 Å². The number of carbonyl (C=O) groups is 1. The Labute approximate surface area is 168 Å². The molecule has 0 bridgehead atoms. The Hall–Kier alpha value is -2.18. The van der Waals surface area contributed by atoms with Gasteiger partial charge in [-0.15, -0.1) is 0 Å². The molecule has 1 aliphatic rings. The van der Waals surface area contributed by atoms with Gasteiger partial charge in [-0.25, -0.2) is 8.42 Å². The molecule has 6 heteroatoms. The number of amides is 1. The average molecular weight is 401 g/mol. The number of hydrogen-bond donors (Lipinski definition) is 0. The van der Waals surface area contributed by atoms with Crippen LogP contribution in [-0.2, 0) is 16.6 Å². The zero-order valence-corrected chi connectivity index (χ0v) is 17.2. The van der Waals surface area contributed by atoms with E-state index in [4.69, 9.17) is 0 Å². The number of hydrogen-bond acceptors (Lipinski definition) is 3. The molecule has 2 aromatic rings. The second kappa shape index (κ2) is 9.34. The van der Waals surface area contributed by atoms with Gasteiger partial charge in [-0.1, -0.05) is 43.2 Å². The van der Waals surface area contributed by atoms with Crippen LogP contribution < -0.4 is 0 Å². The van der Waals surface area contributed by atoms with E-state index in [1.807, 2.05) is 37.3 Å². The van der Waals surface area contributed by atoms with E-state index in [-0.39, 0.29) is 10.8 Å². The molecule has 1 heterocycles. The SMILES string of the molecule is CCN(Cc1ccccc1)C(=O)c1ccc(S(=O)(=O)N2CCCCCC2)cc1. The lowest BCUT2D eigenvalue weighted by Gasteiger charge is -2.22. The van der Waals surface area contributed by atoms with Crippen LogP contribution in [0.15, 0.2) is 59.5 Å². The minimum Gasteiger partial charge on any atom is -0.335 e. The van der Waals surface area contributed by atoms with Crippen LogP contribution in [0.1, 0.15) is 48.5 Å². The van der Waals surface area contributed by atoms with Gasteiger partial charge in [0, 0.05) is 31.7 Å². The highest BCUT2D eigenvalue weighted by Crippen LogP contribution is 2.21. The summed E-state index contributed by atoms with van der Waals surface area (Å²) in [5.74, 6) is -0.0925. The lowest BCUT2D eigenvalue weighted by molar-refractivity contribution is 0.0752. The molecule has 0 aromatic heterocycles. The first kappa shape index (κ1) is 20.6. The highest BCUT2D eigenvalue weighted by molar-refractivity contribution is 7.89. The number of benzene rings is 2. The van der Waals surface area contributed by atoms with E-state index in [1.165, 1.54) is 0 Å². The second-order valence-electron chi connectivity index (χ2n) is 7.15. The quantitative estimate of drug-likeness (QED) is 0.739. The highest BCUT2D eigenvalue weighted by Gasteiger charge is 2.25. The Kier molecular flexibility index (Phi) is 6.86. The molecule has 3 rings (SSSR count). The standard InChI is InChI=1S/C22H28N2O3S/c1-2-23(18-19-10-6-5-7-11-19)22(25)20-12-14-21(15-13-20)28(26,27)24-16-8-3-4-9-17-24/h5-7,10-15H,2-4,8-9,16-18H2,1H3. The summed E-state index contributed by atoms with van der Waals surface area (Å²) in [6, 6.07) is 16.2. The van der Waals surface area contributed by atoms with E-state index in [0.717, 1.165) is 31.2 Å². The second-order valence-corrected chi connectivity index (χ2v) is 9.09. The van der Waals surface area contributed by atoms with Crippen LogP contribution in [0.4, 0.5) is 0 Å². The average Bonchev–Trinajstić information content (AvgIpc) is 3.02. The molecule has 0 spiro atoms. The van der Waals surface area contributed by atoms with E-state index in [1.54, 1.807) is 33.5 Å². The van der Waals surface area contributed by atoms with Crippen LogP contribution >= 0.6 is 0 Å². The van der Waals surface area contributed by atoms with E-state index >= 15 is 0 Å².